The Hall–Kier alpha value is -1.54. The molecule has 0 atom stereocenters. The molecule has 0 spiro atoms. The molecule has 2 aromatic rings. The third-order valence-electron chi connectivity index (χ3n) is 2.57. The first kappa shape index (κ1) is 15.8. The van der Waals surface area contributed by atoms with Gasteiger partial charge in [0, 0.05) is 0 Å². The Balaban J connectivity index is 2.42. The highest BCUT2D eigenvalue weighted by atomic mass is 35.5. The van der Waals surface area contributed by atoms with E-state index in [9.17, 15) is 12.8 Å². The Morgan fingerprint density at radius 2 is 1.67 bits per heavy atom. The van der Waals surface area contributed by atoms with Gasteiger partial charge in [-0.1, -0.05) is 35.3 Å². The number of sulfonamides is 1. The van der Waals surface area contributed by atoms with Gasteiger partial charge in [0.2, 0.25) is 0 Å². The molecule has 0 heterocycles. The van der Waals surface area contributed by atoms with Crippen LogP contribution in [-0.2, 0) is 10.0 Å². The molecule has 0 saturated carbocycles. The van der Waals surface area contributed by atoms with E-state index in [0.717, 1.165) is 12.1 Å². The molecule has 0 fully saturated rings. The van der Waals surface area contributed by atoms with Crippen molar-refractivity contribution < 1.29 is 12.8 Å². The number of nitrogens with two attached hydrogens (primary N) is 1. The Kier molecular flexibility index (Phi) is 4.58. The summed E-state index contributed by atoms with van der Waals surface area (Å²) in [5, 5.41) is -0.573. The molecule has 0 amide bonds. The predicted molar refractivity (Wildman–Crippen MR) is 81.5 cm³/mol. The molecule has 0 aliphatic carbocycles. The number of rotatable bonds is 4. The first-order valence-electron chi connectivity index (χ1n) is 5.58. The summed E-state index contributed by atoms with van der Waals surface area (Å²) in [6, 6.07) is 8.28. The van der Waals surface area contributed by atoms with Crippen LogP contribution in [0.5, 0.6) is 0 Å². The number of hydrogen-bond donors (Lipinski definition) is 3. The molecule has 0 radical (unpaired) electrons. The molecular weight excluding hydrogens is 340 g/mol. The van der Waals surface area contributed by atoms with E-state index in [4.69, 9.17) is 29.0 Å². The van der Waals surface area contributed by atoms with Crippen LogP contribution in [0.1, 0.15) is 0 Å². The van der Waals surface area contributed by atoms with E-state index in [1.165, 1.54) is 12.1 Å². The van der Waals surface area contributed by atoms with Crippen molar-refractivity contribution in [1.82, 2.24) is 0 Å². The number of benzene rings is 2. The van der Waals surface area contributed by atoms with Gasteiger partial charge in [0.05, 0.1) is 21.4 Å². The fourth-order valence-electron chi connectivity index (χ4n) is 1.64. The van der Waals surface area contributed by atoms with Crippen LogP contribution in [-0.4, -0.2) is 8.42 Å². The standard InChI is InChI=1S/C12H10Cl2FN3O2S/c13-8-5-7(6-9(14)12(8)15)18-21(19,20)11-4-2-1-3-10(11)17-16/h1-6,17-18H,16H2. The first-order chi connectivity index (χ1) is 9.85. The summed E-state index contributed by atoms with van der Waals surface area (Å²) in [7, 11) is -3.93. The maximum absolute atomic E-state index is 13.3. The minimum Gasteiger partial charge on any atom is -0.323 e. The van der Waals surface area contributed by atoms with Crippen LogP contribution in [0.3, 0.4) is 0 Å². The molecule has 112 valence electrons. The zero-order valence-electron chi connectivity index (χ0n) is 10.4. The maximum Gasteiger partial charge on any atom is 0.264 e. The Bertz CT molecular complexity index is 761. The van der Waals surface area contributed by atoms with E-state index in [-0.39, 0.29) is 26.3 Å². The number of para-hydroxylation sites is 1. The lowest BCUT2D eigenvalue weighted by molar-refractivity contribution is 0.601. The maximum atomic E-state index is 13.3. The van der Waals surface area contributed by atoms with Crippen LogP contribution >= 0.6 is 23.2 Å². The SMILES string of the molecule is NNc1ccccc1S(=O)(=O)Nc1cc(Cl)c(F)c(Cl)c1. The molecule has 0 aliphatic heterocycles. The van der Waals surface area contributed by atoms with E-state index in [1.807, 2.05) is 0 Å². The molecule has 9 heteroatoms. The zero-order valence-corrected chi connectivity index (χ0v) is 12.7. The molecule has 2 aromatic carbocycles. The van der Waals surface area contributed by atoms with Gasteiger partial charge in [-0.2, -0.15) is 0 Å². The molecule has 0 saturated heterocycles. The largest absolute Gasteiger partial charge is 0.323 e. The quantitative estimate of drug-likeness (QED) is 0.449. The van der Waals surface area contributed by atoms with E-state index >= 15 is 0 Å². The average Bonchev–Trinajstić information content (AvgIpc) is 2.44. The molecule has 4 N–H and O–H groups in total. The summed E-state index contributed by atoms with van der Waals surface area (Å²) in [5.41, 5.74) is 2.54. The lowest BCUT2D eigenvalue weighted by Crippen LogP contribution is -2.17. The van der Waals surface area contributed by atoms with Crippen LogP contribution in [0.15, 0.2) is 41.3 Å². The fourth-order valence-corrected chi connectivity index (χ4v) is 3.34. The second-order valence-electron chi connectivity index (χ2n) is 4.00. The van der Waals surface area contributed by atoms with E-state index < -0.39 is 15.8 Å². The number of hydrazine groups is 1. The topological polar surface area (TPSA) is 84.2 Å². The first-order valence-corrected chi connectivity index (χ1v) is 7.82. The van der Waals surface area contributed by atoms with Gasteiger partial charge in [-0.25, -0.2) is 12.8 Å². The van der Waals surface area contributed by atoms with Gasteiger partial charge < -0.3 is 5.43 Å². The summed E-state index contributed by atoms with van der Waals surface area (Å²) in [6.07, 6.45) is 0. The molecule has 0 bridgehead atoms. The summed E-state index contributed by atoms with van der Waals surface area (Å²) < 4.78 is 40.2. The minimum atomic E-state index is -3.93. The fraction of sp³-hybridized carbons (Fsp3) is 0. The van der Waals surface area contributed by atoms with Crippen LogP contribution < -0.4 is 16.0 Å². The van der Waals surface area contributed by atoms with Gasteiger partial charge in [0.15, 0.2) is 5.82 Å². The van der Waals surface area contributed by atoms with Crippen molar-refractivity contribution in [3.05, 3.63) is 52.3 Å². The van der Waals surface area contributed by atoms with Crippen molar-refractivity contribution in [1.29, 1.82) is 0 Å². The molecule has 0 aromatic heterocycles. The molecule has 5 nitrogen and oxygen atoms in total. The van der Waals surface area contributed by atoms with Gasteiger partial charge in [0.25, 0.3) is 10.0 Å². The highest BCUT2D eigenvalue weighted by Crippen LogP contribution is 2.29. The van der Waals surface area contributed by atoms with Crippen LogP contribution in [0.25, 0.3) is 0 Å². The third kappa shape index (κ3) is 3.38. The van der Waals surface area contributed by atoms with Gasteiger partial charge in [-0.3, -0.25) is 10.6 Å². The van der Waals surface area contributed by atoms with Gasteiger partial charge in [-0.15, -0.1) is 0 Å². The zero-order chi connectivity index (χ0) is 15.6. The second-order valence-corrected chi connectivity index (χ2v) is 6.47. The summed E-state index contributed by atoms with van der Waals surface area (Å²) in [5.74, 6) is 4.46. The smallest absolute Gasteiger partial charge is 0.264 e. The van der Waals surface area contributed by atoms with Crippen molar-refractivity contribution >= 4 is 44.6 Å². The summed E-state index contributed by atoms with van der Waals surface area (Å²) >= 11 is 11.3. The molecule has 0 unspecified atom stereocenters. The monoisotopic (exact) mass is 349 g/mol. The predicted octanol–water partition coefficient (Wildman–Crippen LogP) is 3.22. The number of nitrogen functional groups attached to an aromatic ring is 1. The lowest BCUT2D eigenvalue weighted by Gasteiger charge is -2.12. The van der Waals surface area contributed by atoms with E-state index in [1.54, 1.807) is 12.1 Å². The second kappa shape index (κ2) is 6.07. The third-order valence-corrected chi connectivity index (χ3v) is 4.56. The molecule has 21 heavy (non-hydrogen) atoms. The lowest BCUT2D eigenvalue weighted by atomic mass is 10.3. The Labute approximate surface area is 130 Å². The molecule has 2 rings (SSSR count). The van der Waals surface area contributed by atoms with E-state index in [2.05, 4.69) is 10.1 Å². The highest BCUT2D eigenvalue weighted by molar-refractivity contribution is 7.92. The highest BCUT2D eigenvalue weighted by Gasteiger charge is 2.19. The van der Waals surface area contributed by atoms with Crippen LogP contribution in [0, 0.1) is 5.82 Å². The Morgan fingerprint density at radius 3 is 2.24 bits per heavy atom. The van der Waals surface area contributed by atoms with E-state index in [0.29, 0.717) is 0 Å². The molecular formula is C12H10Cl2FN3O2S. The van der Waals surface area contributed by atoms with Crippen LogP contribution in [0.2, 0.25) is 10.0 Å². The normalized spacial score (nSPS) is 11.2. The Morgan fingerprint density at radius 1 is 1.10 bits per heavy atom. The van der Waals surface area contributed by atoms with Crippen LogP contribution in [0.4, 0.5) is 15.8 Å². The van der Waals surface area contributed by atoms with Crippen molar-refractivity contribution in [2.75, 3.05) is 10.1 Å². The number of halogens is 3. The van der Waals surface area contributed by atoms with Gasteiger partial charge in [-0.05, 0) is 24.3 Å². The van der Waals surface area contributed by atoms with Crippen molar-refractivity contribution in [2.45, 2.75) is 4.90 Å². The summed E-state index contributed by atoms with van der Waals surface area (Å²) in [6.45, 7) is 0. The average molecular weight is 350 g/mol. The summed E-state index contributed by atoms with van der Waals surface area (Å²) in [4.78, 5) is -0.0657. The van der Waals surface area contributed by atoms with Gasteiger partial charge >= 0.3 is 0 Å². The number of hydrogen-bond acceptors (Lipinski definition) is 4. The molecule has 0 aliphatic rings. The van der Waals surface area contributed by atoms with Crippen molar-refractivity contribution in [3.63, 3.8) is 0 Å². The number of anilines is 2. The van der Waals surface area contributed by atoms with Crippen molar-refractivity contribution in [2.24, 2.45) is 5.84 Å². The number of nitrogens with one attached hydrogen (secondary N) is 2. The van der Waals surface area contributed by atoms with Crippen molar-refractivity contribution in [3.8, 4) is 0 Å². The minimum absolute atomic E-state index is 0.0400. The van der Waals surface area contributed by atoms with Gasteiger partial charge in [0.1, 0.15) is 4.90 Å².